The molecule has 0 bridgehead atoms. The standard InChI is InChI=1S/C12H14N4O/c1-8-6-11(15-16(8)2)12(17)14-10-5-3-4-9(13)7-10/h3-7H,13H2,1-2H3,(H,14,17). The molecule has 1 amide bonds. The molecule has 0 aliphatic rings. The highest BCUT2D eigenvalue weighted by Crippen LogP contribution is 2.13. The molecule has 5 heteroatoms. The van der Waals surface area contributed by atoms with Crippen molar-refractivity contribution < 1.29 is 4.79 Å². The highest BCUT2D eigenvalue weighted by atomic mass is 16.1. The molecule has 2 rings (SSSR count). The highest BCUT2D eigenvalue weighted by molar-refractivity contribution is 6.03. The molecule has 1 aromatic heterocycles. The topological polar surface area (TPSA) is 72.9 Å². The van der Waals surface area contributed by atoms with E-state index in [0.717, 1.165) is 5.69 Å². The number of benzene rings is 1. The van der Waals surface area contributed by atoms with Crippen LogP contribution in [-0.2, 0) is 7.05 Å². The maximum atomic E-state index is 11.9. The number of amides is 1. The van der Waals surface area contributed by atoms with Crippen molar-refractivity contribution in [1.82, 2.24) is 9.78 Å². The number of carbonyl (C=O) groups is 1. The Labute approximate surface area is 99.2 Å². The van der Waals surface area contributed by atoms with Gasteiger partial charge < -0.3 is 11.1 Å². The number of nitrogen functional groups attached to an aromatic ring is 1. The number of nitrogens with two attached hydrogens (primary N) is 1. The van der Waals surface area contributed by atoms with Crippen molar-refractivity contribution in [3.05, 3.63) is 41.7 Å². The number of rotatable bonds is 2. The zero-order valence-electron chi connectivity index (χ0n) is 9.77. The van der Waals surface area contributed by atoms with Crippen molar-refractivity contribution in [3.63, 3.8) is 0 Å². The van der Waals surface area contributed by atoms with E-state index in [1.54, 1.807) is 42.1 Å². The van der Waals surface area contributed by atoms with Gasteiger partial charge in [0.2, 0.25) is 0 Å². The third-order valence-electron chi connectivity index (χ3n) is 2.49. The van der Waals surface area contributed by atoms with Crippen LogP contribution < -0.4 is 11.1 Å². The van der Waals surface area contributed by atoms with Crippen LogP contribution in [-0.4, -0.2) is 15.7 Å². The van der Waals surface area contributed by atoms with Crippen molar-refractivity contribution in [3.8, 4) is 0 Å². The number of aromatic nitrogens is 2. The first-order chi connectivity index (χ1) is 8.06. The highest BCUT2D eigenvalue weighted by Gasteiger charge is 2.10. The van der Waals surface area contributed by atoms with Gasteiger partial charge in [-0.25, -0.2) is 0 Å². The number of aryl methyl sites for hydroxylation is 2. The van der Waals surface area contributed by atoms with Crippen LogP contribution in [0.2, 0.25) is 0 Å². The van der Waals surface area contributed by atoms with Crippen molar-refractivity contribution in [2.24, 2.45) is 7.05 Å². The van der Waals surface area contributed by atoms with Crippen LogP contribution in [0.15, 0.2) is 30.3 Å². The number of anilines is 2. The zero-order chi connectivity index (χ0) is 12.4. The lowest BCUT2D eigenvalue weighted by Gasteiger charge is -2.03. The molecule has 0 unspecified atom stereocenters. The monoisotopic (exact) mass is 230 g/mol. The van der Waals surface area contributed by atoms with Crippen LogP contribution in [0.4, 0.5) is 11.4 Å². The van der Waals surface area contributed by atoms with Crippen molar-refractivity contribution in [2.45, 2.75) is 6.92 Å². The molecule has 5 nitrogen and oxygen atoms in total. The van der Waals surface area contributed by atoms with Crippen LogP contribution in [0.25, 0.3) is 0 Å². The number of nitrogens with one attached hydrogen (secondary N) is 1. The van der Waals surface area contributed by atoms with Gasteiger partial charge in [0.05, 0.1) is 0 Å². The van der Waals surface area contributed by atoms with Gasteiger partial charge in [-0.3, -0.25) is 9.48 Å². The zero-order valence-corrected chi connectivity index (χ0v) is 9.77. The lowest BCUT2D eigenvalue weighted by Crippen LogP contribution is -2.13. The van der Waals surface area contributed by atoms with Gasteiger partial charge in [0, 0.05) is 24.1 Å². The predicted octanol–water partition coefficient (Wildman–Crippen LogP) is 1.56. The van der Waals surface area contributed by atoms with E-state index in [1.807, 2.05) is 6.92 Å². The largest absolute Gasteiger partial charge is 0.399 e. The van der Waals surface area contributed by atoms with Gasteiger partial charge in [0.15, 0.2) is 5.69 Å². The summed E-state index contributed by atoms with van der Waals surface area (Å²) < 4.78 is 1.66. The van der Waals surface area contributed by atoms with Crippen molar-refractivity contribution >= 4 is 17.3 Å². The smallest absolute Gasteiger partial charge is 0.276 e. The minimum absolute atomic E-state index is 0.237. The predicted molar refractivity (Wildman–Crippen MR) is 66.8 cm³/mol. The van der Waals surface area contributed by atoms with Crippen LogP contribution in [0.5, 0.6) is 0 Å². The summed E-state index contributed by atoms with van der Waals surface area (Å²) in [5.74, 6) is -0.237. The van der Waals surface area contributed by atoms with Crippen molar-refractivity contribution in [2.75, 3.05) is 11.1 Å². The van der Waals surface area contributed by atoms with Gasteiger partial charge in [-0.1, -0.05) is 6.07 Å². The molecular weight excluding hydrogens is 216 g/mol. The second-order valence-electron chi connectivity index (χ2n) is 3.87. The average molecular weight is 230 g/mol. The summed E-state index contributed by atoms with van der Waals surface area (Å²) in [4.78, 5) is 11.9. The Bertz CT molecular complexity index is 540. The molecule has 1 heterocycles. The van der Waals surface area contributed by atoms with E-state index < -0.39 is 0 Å². The molecule has 0 aliphatic carbocycles. The molecule has 0 saturated carbocycles. The molecule has 0 aliphatic heterocycles. The van der Waals surface area contributed by atoms with Crippen LogP contribution in [0.1, 0.15) is 16.2 Å². The number of hydrogen-bond donors (Lipinski definition) is 2. The molecule has 0 spiro atoms. The molecule has 17 heavy (non-hydrogen) atoms. The Kier molecular flexibility index (Phi) is 2.82. The maximum absolute atomic E-state index is 11.9. The molecule has 1 aromatic carbocycles. The summed E-state index contributed by atoms with van der Waals surface area (Å²) in [6.45, 7) is 1.89. The summed E-state index contributed by atoms with van der Waals surface area (Å²) in [7, 11) is 1.80. The van der Waals surface area contributed by atoms with E-state index in [-0.39, 0.29) is 5.91 Å². The molecular formula is C12H14N4O. The summed E-state index contributed by atoms with van der Waals surface area (Å²) in [5.41, 5.74) is 8.24. The summed E-state index contributed by atoms with van der Waals surface area (Å²) in [6, 6.07) is 8.77. The van der Waals surface area contributed by atoms with Gasteiger partial charge in [-0.15, -0.1) is 0 Å². The molecule has 3 N–H and O–H groups in total. The van der Waals surface area contributed by atoms with E-state index in [0.29, 0.717) is 17.1 Å². The number of nitrogens with zero attached hydrogens (tertiary/aromatic N) is 2. The first-order valence-electron chi connectivity index (χ1n) is 5.24. The Morgan fingerprint density at radius 3 is 2.76 bits per heavy atom. The molecule has 0 atom stereocenters. The maximum Gasteiger partial charge on any atom is 0.276 e. The van der Waals surface area contributed by atoms with Crippen LogP contribution in [0, 0.1) is 6.92 Å². The van der Waals surface area contributed by atoms with E-state index in [4.69, 9.17) is 5.73 Å². The lowest BCUT2D eigenvalue weighted by atomic mass is 10.2. The lowest BCUT2D eigenvalue weighted by molar-refractivity contribution is 0.102. The third kappa shape index (κ3) is 2.44. The van der Waals surface area contributed by atoms with E-state index in [9.17, 15) is 4.79 Å². The SMILES string of the molecule is Cc1cc(C(=O)Nc2cccc(N)c2)nn1C. The van der Waals surface area contributed by atoms with Gasteiger partial charge in [-0.05, 0) is 31.2 Å². The Morgan fingerprint density at radius 1 is 1.41 bits per heavy atom. The fourth-order valence-corrected chi connectivity index (χ4v) is 1.48. The second kappa shape index (κ2) is 4.29. The average Bonchev–Trinajstić information content (AvgIpc) is 2.59. The number of hydrogen-bond acceptors (Lipinski definition) is 3. The Balaban J connectivity index is 2.17. The van der Waals surface area contributed by atoms with E-state index >= 15 is 0 Å². The Hall–Kier alpha value is -2.30. The summed E-state index contributed by atoms with van der Waals surface area (Å²) >= 11 is 0. The summed E-state index contributed by atoms with van der Waals surface area (Å²) in [6.07, 6.45) is 0. The quantitative estimate of drug-likeness (QED) is 0.769. The van der Waals surface area contributed by atoms with Crippen LogP contribution >= 0.6 is 0 Å². The molecule has 0 fully saturated rings. The first-order valence-corrected chi connectivity index (χ1v) is 5.24. The van der Waals surface area contributed by atoms with E-state index in [1.165, 1.54) is 0 Å². The molecule has 2 aromatic rings. The van der Waals surface area contributed by atoms with Crippen molar-refractivity contribution in [1.29, 1.82) is 0 Å². The molecule has 0 radical (unpaired) electrons. The Morgan fingerprint density at radius 2 is 2.18 bits per heavy atom. The van der Waals surface area contributed by atoms with Crippen LogP contribution in [0.3, 0.4) is 0 Å². The minimum Gasteiger partial charge on any atom is -0.399 e. The normalized spacial score (nSPS) is 10.2. The fourth-order valence-electron chi connectivity index (χ4n) is 1.48. The van der Waals surface area contributed by atoms with Gasteiger partial charge >= 0.3 is 0 Å². The van der Waals surface area contributed by atoms with E-state index in [2.05, 4.69) is 10.4 Å². The first kappa shape index (κ1) is 11.2. The van der Waals surface area contributed by atoms with Gasteiger partial charge in [-0.2, -0.15) is 5.10 Å². The fraction of sp³-hybridized carbons (Fsp3) is 0.167. The second-order valence-corrected chi connectivity index (χ2v) is 3.87. The van der Waals surface area contributed by atoms with Gasteiger partial charge in [0.1, 0.15) is 0 Å². The molecule has 0 saturated heterocycles. The number of carbonyl (C=O) groups excluding carboxylic acids is 1. The minimum atomic E-state index is -0.237. The molecule has 88 valence electrons. The summed E-state index contributed by atoms with van der Waals surface area (Å²) in [5, 5.41) is 6.85. The third-order valence-corrected chi connectivity index (χ3v) is 2.49. The van der Waals surface area contributed by atoms with Gasteiger partial charge in [0.25, 0.3) is 5.91 Å².